The first kappa shape index (κ1) is 17.4. The molecule has 0 spiro atoms. The molecule has 0 aliphatic heterocycles. The van der Waals surface area contributed by atoms with E-state index in [4.69, 9.17) is 4.98 Å². The minimum Gasteiger partial charge on any atom is -0.348 e. The third-order valence-corrected chi connectivity index (χ3v) is 3.79. The summed E-state index contributed by atoms with van der Waals surface area (Å²) in [6.07, 6.45) is 0. The maximum absolute atomic E-state index is 4.80. The second-order valence-corrected chi connectivity index (χ2v) is 7.68. The van der Waals surface area contributed by atoms with Gasteiger partial charge in [-0.05, 0) is 24.3 Å². The zero-order valence-electron chi connectivity index (χ0n) is 13.9. The first-order valence-corrected chi connectivity index (χ1v) is 8.66. The first-order valence-electron chi connectivity index (χ1n) is 7.78. The van der Waals surface area contributed by atoms with Crippen LogP contribution in [0.15, 0.2) is 5.38 Å². The number of hydrogen-bond donors (Lipinski definition) is 1. The van der Waals surface area contributed by atoms with Gasteiger partial charge in [-0.1, -0.05) is 41.5 Å². The lowest BCUT2D eigenvalue weighted by Gasteiger charge is -2.25. The Hall–Kier alpha value is -0.610. The van der Waals surface area contributed by atoms with Crippen LogP contribution in [0, 0.1) is 17.8 Å². The van der Waals surface area contributed by atoms with Gasteiger partial charge in [0.05, 0.1) is 5.69 Å². The average Bonchev–Trinajstić information content (AvgIpc) is 2.75. The van der Waals surface area contributed by atoms with E-state index < -0.39 is 0 Å². The Morgan fingerprint density at radius 1 is 1.05 bits per heavy atom. The molecule has 0 aromatic carbocycles. The molecule has 0 fully saturated rings. The largest absolute Gasteiger partial charge is 0.348 e. The van der Waals surface area contributed by atoms with Crippen LogP contribution in [0.2, 0.25) is 0 Å². The molecule has 116 valence electrons. The van der Waals surface area contributed by atoms with E-state index in [2.05, 4.69) is 57.1 Å². The summed E-state index contributed by atoms with van der Waals surface area (Å²) in [5.74, 6) is 2.02. The van der Waals surface area contributed by atoms with Crippen molar-refractivity contribution in [3.8, 4) is 0 Å². The summed E-state index contributed by atoms with van der Waals surface area (Å²) < 4.78 is 0. The molecule has 0 aliphatic rings. The maximum Gasteiger partial charge on any atom is 0.185 e. The number of nitrogens with one attached hydrogen (secondary N) is 1. The SMILES string of the molecule is CC(C)CNCc1csc(N(CC(C)C)CC(C)C)n1. The maximum atomic E-state index is 4.80. The zero-order valence-corrected chi connectivity index (χ0v) is 14.8. The summed E-state index contributed by atoms with van der Waals surface area (Å²) in [4.78, 5) is 7.23. The normalized spacial score (nSPS) is 11.8. The highest BCUT2D eigenvalue weighted by atomic mass is 32.1. The molecule has 0 unspecified atom stereocenters. The third-order valence-electron chi connectivity index (χ3n) is 2.84. The lowest BCUT2D eigenvalue weighted by Crippen LogP contribution is -2.31. The van der Waals surface area contributed by atoms with Crippen molar-refractivity contribution in [2.24, 2.45) is 17.8 Å². The van der Waals surface area contributed by atoms with Crippen molar-refractivity contribution in [3.05, 3.63) is 11.1 Å². The van der Waals surface area contributed by atoms with Crippen molar-refractivity contribution in [1.29, 1.82) is 0 Å². The van der Waals surface area contributed by atoms with Crippen LogP contribution in [0.1, 0.15) is 47.2 Å². The van der Waals surface area contributed by atoms with Crippen LogP contribution in [0.5, 0.6) is 0 Å². The number of nitrogens with zero attached hydrogens (tertiary/aromatic N) is 2. The van der Waals surface area contributed by atoms with Gasteiger partial charge >= 0.3 is 0 Å². The summed E-state index contributed by atoms with van der Waals surface area (Å²) in [6, 6.07) is 0. The number of aromatic nitrogens is 1. The molecule has 20 heavy (non-hydrogen) atoms. The third kappa shape index (κ3) is 6.71. The van der Waals surface area contributed by atoms with E-state index >= 15 is 0 Å². The van der Waals surface area contributed by atoms with Gasteiger partial charge in [0.2, 0.25) is 0 Å². The fourth-order valence-electron chi connectivity index (χ4n) is 2.12. The van der Waals surface area contributed by atoms with Crippen molar-refractivity contribution < 1.29 is 0 Å². The smallest absolute Gasteiger partial charge is 0.185 e. The summed E-state index contributed by atoms with van der Waals surface area (Å²) in [5, 5.41) is 6.83. The van der Waals surface area contributed by atoms with Crippen molar-refractivity contribution in [1.82, 2.24) is 10.3 Å². The molecule has 1 rings (SSSR count). The van der Waals surface area contributed by atoms with Gasteiger partial charge in [0.1, 0.15) is 0 Å². The van der Waals surface area contributed by atoms with Gasteiger partial charge in [-0.3, -0.25) is 0 Å². The molecule has 0 aliphatic carbocycles. The van der Waals surface area contributed by atoms with Crippen LogP contribution in [-0.2, 0) is 6.54 Å². The molecule has 1 aromatic heterocycles. The molecular formula is C16H31N3S. The van der Waals surface area contributed by atoms with Crippen LogP contribution in [0.4, 0.5) is 5.13 Å². The van der Waals surface area contributed by atoms with Gasteiger partial charge in [0.25, 0.3) is 0 Å². The van der Waals surface area contributed by atoms with Crippen LogP contribution in [-0.4, -0.2) is 24.6 Å². The van der Waals surface area contributed by atoms with Crippen molar-refractivity contribution in [2.75, 3.05) is 24.5 Å². The van der Waals surface area contributed by atoms with E-state index in [0.29, 0.717) is 17.8 Å². The van der Waals surface area contributed by atoms with E-state index in [1.54, 1.807) is 11.3 Å². The van der Waals surface area contributed by atoms with Crippen molar-refractivity contribution >= 4 is 16.5 Å². The van der Waals surface area contributed by atoms with Gasteiger partial charge in [0, 0.05) is 25.0 Å². The Bertz CT molecular complexity index is 362. The van der Waals surface area contributed by atoms with E-state index in [-0.39, 0.29) is 0 Å². The molecule has 1 heterocycles. The van der Waals surface area contributed by atoms with Gasteiger partial charge in [-0.25, -0.2) is 4.98 Å². The molecule has 0 atom stereocenters. The van der Waals surface area contributed by atoms with Crippen LogP contribution < -0.4 is 10.2 Å². The predicted molar refractivity (Wildman–Crippen MR) is 90.5 cm³/mol. The minimum atomic E-state index is 0.667. The minimum absolute atomic E-state index is 0.667. The van der Waals surface area contributed by atoms with E-state index in [0.717, 1.165) is 26.2 Å². The number of anilines is 1. The van der Waals surface area contributed by atoms with Gasteiger partial charge in [0.15, 0.2) is 5.13 Å². The van der Waals surface area contributed by atoms with Crippen LogP contribution >= 0.6 is 11.3 Å². The summed E-state index contributed by atoms with van der Waals surface area (Å²) >= 11 is 1.78. The highest BCUT2D eigenvalue weighted by Crippen LogP contribution is 2.22. The molecule has 0 amide bonds. The number of thiazole rings is 1. The second kappa shape index (κ2) is 8.63. The highest BCUT2D eigenvalue weighted by Gasteiger charge is 2.14. The number of hydrogen-bond acceptors (Lipinski definition) is 4. The predicted octanol–water partition coefficient (Wildman–Crippen LogP) is 4.01. The Morgan fingerprint density at radius 2 is 1.65 bits per heavy atom. The quantitative estimate of drug-likeness (QED) is 0.746. The topological polar surface area (TPSA) is 28.2 Å². The van der Waals surface area contributed by atoms with Crippen LogP contribution in [0.25, 0.3) is 0 Å². The van der Waals surface area contributed by atoms with Crippen molar-refractivity contribution in [2.45, 2.75) is 48.1 Å². The lowest BCUT2D eigenvalue weighted by atomic mass is 10.1. The standard InChI is InChI=1S/C16H31N3S/c1-12(2)7-17-8-15-11-20-16(18-15)19(9-13(3)4)10-14(5)6/h11-14,17H,7-10H2,1-6H3. The molecular weight excluding hydrogens is 266 g/mol. The fraction of sp³-hybridized carbons (Fsp3) is 0.812. The fourth-order valence-corrected chi connectivity index (χ4v) is 2.97. The van der Waals surface area contributed by atoms with Crippen LogP contribution in [0.3, 0.4) is 0 Å². The molecule has 4 heteroatoms. The molecule has 1 N–H and O–H groups in total. The van der Waals surface area contributed by atoms with E-state index in [1.807, 2.05) is 0 Å². The zero-order chi connectivity index (χ0) is 15.1. The van der Waals surface area contributed by atoms with Gasteiger partial charge in [-0.2, -0.15) is 0 Å². The monoisotopic (exact) mass is 297 g/mol. The Kier molecular flexibility index (Phi) is 7.52. The van der Waals surface area contributed by atoms with E-state index in [1.165, 1.54) is 10.8 Å². The second-order valence-electron chi connectivity index (χ2n) is 6.84. The lowest BCUT2D eigenvalue weighted by molar-refractivity contribution is 0.543. The molecule has 0 radical (unpaired) electrons. The Balaban J connectivity index is 2.60. The molecule has 3 nitrogen and oxygen atoms in total. The van der Waals surface area contributed by atoms with E-state index in [9.17, 15) is 0 Å². The van der Waals surface area contributed by atoms with Gasteiger partial charge in [-0.15, -0.1) is 11.3 Å². The Morgan fingerprint density at radius 3 is 2.15 bits per heavy atom. The molecule has 0 saturated carbocycles. The highest BCUT2D eigenvalue weighted by molar-refractivity contribution is 7.13. The molecule has 0 bridgehead atoms. The average molecular weight is 298 g/mol. The van der Waals surface area contributed by atoms with Gasteiger partial charge < -0.3 is 10.2 Å². The summed E-state index contributed by atoms with van der Waals surface area (Å²) in [5.41, 5.74) is 1.17. The Labute approximate surface area is 128 Å². The first-order chi connectivity index (χ1) is 9.38. The molecule has 1 aromatic rings. The summed E-state index contributed by atoms with van der Waals surface area (Å²) in [6.45, 7) is 17.6. The summed E-state index contributed by atoms with van der Waals surface area (Å²) in [7, 11) is 0. The molecule has 0 saturated heterocycles. The van der Waals surface area contributed by atoms with Crippen molar-refractivity contribution in [3.63, 3.8) is 0 Å². The number of rotatable bonds is 9.